The Balaban J connectivity index is 2.13. The summed E-state index contributed by atoms with van der Waals surface area (Å²) in [6.07, 6.45) is 7.65. The molecule has 0 unspecified atom stereocenters. The van der Waals surface area contributed by atoms with E-state index < -0.39 is 0 Å². The second-order valence-corrected chi connectivity index (χ2v) is 5.77. The molecule has 5 nitrogen and oxygen atoms in total. The maximum atomic E-state index is 4.63. The number of nitrogens with one attached hydrogen (secondary N) is 1. The molecule has 0 fully saturated rings. The third-order valence-electron chi connectivity index (χ3n) is 3.34. The van der Waals surface area contributed by atoms with Gasteiger partial charge in [0.05, 0.1) is 0 Å². The average molecular weight is 287 g/mol. The minimum Gasteiger partial charge on any atom is -0.312 e. The molecule has 0 aliphatic heterocycles. The Kier molecular flexibility index (Phi) is 5.44. The zero-order chi connectivity index (χ0) is 15.2. The molecule has 0 bridgehead atoms. The SMILES string of the molecule is CCCc1nccn1-c1ncc(CNCC(C)C)c(C)n1. The Bertz CT molecular complexity index is 574. The van der Waals surface area contributed by atoms with Crippen molar-refractivity contribution in [1.29, 1.82) is 0 Å². The first-order valence-corrected chi connectivity index (χ1v) is 7.67. The van der Waals surface area contributed by atoms with Crippen LogP contribution < -0.4 is 5.32 Å². The van der Waals surface area contributed by atoms with Crippen LogP contribution in [-0.2, 0) is 13.0 Å². The van der Waals surface area contributed by atoms with Gasteiger partial charge in [-0.3, -0.25) is 4.57 Å². The van der Waals surface area contributed by atoms with E-state index in [0.717, 1.165) is 43.0 Å². The molecule has 0 saturated carbocycles. The molecule has 0 aromatic carbocycles. The molecule has 0 atom stereocenters. The van der Waals surface area contributed by atoms with Crippen LogP contribution in [0.25, 0.3) is 5.95 Å². The maximum absolute atomic E-state index is 4.63. The largest absolute Gasteiger partial charge is 0.312 e. The van der Waals surface area contributed by atoms with E-state index in [9.17, 15) is 0 Å². The van der Waals surface area contributed by atoms with Crippen molar-refractivity contribution in [3.63, 3.8) is 0 Å². The van der Waals surface area contributed by atoms with Crippen molar-refractivity contribution < 1.29 is 0 Å². The number of nitrogens with zero attached hydrogens (tertiary/aromatic N) is 4. The van der Waals surface area contributed by atoms with Crippen LogP contribution in [0.3, 0.4) is 0 Å². The Morgan fingerprint density at radius 3 is 2.76 bits per heavy atom. The van der Waals surface area contributed by atoms with Crippen LogP contribution in [-0.4, -0.2) is 26.1 Å². The van der Waals surface area contributed by atoms with Crippen LogP contribution in [0, 0.1) is 12.8 Å². The van der Waals surface area contributed by atoms with Gasteiger partial charge in [-0.15, -0.1) is 0 Å². The number of hydrogen-bond donors (Lipinski definition) is 1. The van der Waals surface area contributed by atoms with Crippen molar-refractivity contribution in [1.82, 2.24) is 24.8 Å². The van der Waals surface area contributed by atoms with E-state index in [2.05, 4.69) is 41.0 Å². The molecule has 1 N–H and O–H groups in total. The van der Waals surface area contributed by atoms with Gasteiger partial charge in [0.1, 0.15) is 5.82 Å². The third kappa shape index (κ3) is 4.11. The molecule has 0 radical (unpaired) electrons. The molecule has 2 rings (SSSR count). The Labute approximate surface area is 126 Å². The van der Waals surface area contributed by atoms with Crippen molar-refractivity contribution in [3.05, 3.63) is 35.7 Å². The minimum absolute atomic E-state index is 0.646. The summed E-state index contributed by atoms with van der Waals surface area (Å²) in [5.41, 5.74) is 2.17. The van der Waals surface area contributed by atoms with E-state index in [1.54, 1.807) is 0 Å². The fraction of sp³-hybridized carbons (Fsp3) is 0.562. The van der Waals surface area contributed by atoms with E-state index in [4.69, 9.17) is 0 Å². The molecule has 0 saturated heterocycles. The molecule has 5 heteroatoms. The standard InChI is InChI=1S/C16H25N5/c1-5-6-15-18-7-8-21(15)16-19-11-14(13(4)20-16)10-17-9-12(2)3/h7-8,11-12,17H,5-6,9-10H2,1-4H3. The molecule has 2 aromatic rings. The molecular weight excluding hydrogens is 262 g/mol. The first-order chi connectivity index (χ1) is 10.1. The predicted molar refractivity (Wildman–Crippen MR) is 84.4 cm³/mol. The van der Waals surface area contributed by atoms with Gasteiger partial charge >= 0.3 is 0 Å². The van der Waals surface area contributed by atoms with Crippen molar-refractivity contribution >= 4 is 0 Å². The first kappa shape index (κ1) is 15.6. The van der Waals surface area contributed by atoms with Crippen molar-refractivity contribution in [3.8, 4) is 5.95 Å². The fourth-order valence-corrected chi connectivity index (χ4v) is 2.19. The highest BCUT2D eigenvalue weighted by atomic mass is 15.2. The smallest absolute Gasteiger partial charge is 0.235 e. The monoisotopic (exact) mass is 287 g/mol. The fourth-order valence-electron chi connectivity index (χ4n) is 2.19. The normalized spacial score (nSPS) is 11.3. The van der Waals surface area contributed by atoms with Gasteiger partial charge in [0, 0.05) is 42.8 Å². The van der Waals surface area contributed by atoms with Gasteiger partial charge in [-0.2, -0.15) is 0 Å². The molecule has 0 spiro atoms. The van der Waals surface area contributed by atoms with Crippen molar-refractivity contribution in [2.24, 2.45) is 5.92 Å². The highest BCUT2D eigenvalue weighted by Gasteiger charge is 2.09. The van der Waals surface area contributed by atoms with Gasteiger partial charge in [0.25, 0.3) is 0 Å². The summed E-state index contributed by atoms with van der Waals surface area (Å²) < 4.78 is 1.97. The molecule has 0 aliphatic rings. The van der Waals surface area contributed by atoms with Crippen molar-refractivity contribution in [2.45, 2.75) is 47.1 Å². The summed E-state index contributed by atoms with van der Waals surface area (Å²) in [7, 11) is 0. The van der Waals surface area contributed by atoms with Gasteiger partial charge in [0.2, 0.25) is 5.95 Å². The van der Waals surface area contributed by atoms with E-state index in [1.807, 2.05) is 30.1 Å². The summed E-state index contributed by atoms with van der Waals surface area (Å²) in [5.74, 6) is 2.37. The molecule has 0 amide bonds. The second-order valence-electron chi connectivity index (χ2n) is 5.77. The molecule has 0 aliphatic carbocycles. The van der Waals surface area contributed by atoms with Gasteiger partial charge in [-0.05, 0) is 25.8 Å². The Morgan fingerprint density at radius 1 is 1.29 bits per heavy atom. The minimum atomic E-state index is 0.646. The lowest BCUT2D eigenvalue weighted by atomic mass is 10.2. The van der Waals surface area contributed by atoms with Crippen LogP contribution in [0.4, 0.5) is 0 Å². The Morgan fingerprint density at radius 2 is 2.10 bits per heavy atom. The van der Waals surface area contributed by atoms with E-state index in [1.165, 1.54) is 0 Å². The van der Waals surface area contributed by atoms with Gasteiger partial charge in [0.15, 0.2) is 0 Å². The highest BCUT2D eigenvalue weighted by Crippen LogP contribution is 2.11. The summed E-state index contributed by atoms with van der Waals surface area (Å²) in [4.78, 5) is 13.5. The lowest BCUT2D eigenvalue weighted by molar-refractivity contribution is 0.550. The van der Waals surface area contributed by atoms with Gasteiger partial charge in [-0.1, -0.05) is 20.8 Å². The van der Waals surface area contributed by atoms with Crippen LogP contribution in [0.1, 0.15) is 44.3 Å². The van der Waals surface area contributed by atoms with Crippen LogP contribution >= 0.6 is 0 Å². The maximum Gasteiger partial charge on any atom is 0.235 e. The van der Waals surface area contributed by atoms with Gasteiger partial charge in [-0.25, -0.2) is 15.0 Å². The quantitative estimate of drug-likeness (QED) is 0.850. The molecule has 2 heterocycles. The number of hydrogen-bond acceptors (Lipinski definition) is 4. The van der Waals surface area contributed by atoms with Gasteiger partial charge < -0.3 is 5.32 Å². The predicted octanol–water partition coefficient (Wildman–Crippen LogP) is 2.67. The van der Waals surface area contributed by atoms with E-state index in [-0.39, 0.29) is 0 Å². The Hall–Kier alpha value is -1.75. The molecule has 114 valence electrons. The lowest BCUT2D eigenvalue weighted by Crippen LogP contribution is -2.20. The first-order valence-electron chi connectivity index (χ1n) is 7.67. The van der Waals surface area contributed by atoms with E-state index >= 15 is 0 Å². The van der Waals surface area contributed by atoms with Crippen molar-refractivity contribution in [2.75, 3.05) is 6.54 Å². The summed E-state index contributed by atoms with van der Waals surface area (Å²) in [6.45, 7) is 10.4. The number of aromatic nitrogens is 4. The average Bonchev–Trinajstić information content (AvgIpc) is 2.89. The summed E-state index contributed by atoms with van der Waals surface area (Å²) in [5, 5.41) is 3.43. The third-order valence-corrected chi connectivity index (χ3v) is 3.34. The number of imidazole rings is 1. The second kappa shape index (κ2) is 7.31. The summed E-state index contributed by atoms with van der Waals surface area (Å²) >= 11 is 0. The highest BCUT2D eigenvalue weighted by molar-refractivity contribution is 5.23. The number of rotatable bonds is 7. The number of aryl methyl sites for hydroxylation is 2. The topological polar surface area (TPSA) is 55.6 Å². The van der Waals surface area contributed by atoms with E-state index in [0.29, 0.717) is 11.9 Å². The van der Waals surface area contributed by atoms with Crippen LogP contribution in [0.5, 0.6) is 0 Å². The summed E-state index contributed by atoms with van der Waals surface area (Å²) in [6, 6.07) is 0. The zero-order valence-electron chi connectivity index (χ0n) is 13.4. The molecular formula is C16H25N5. The zero-order valence-corrected chi connectivity index (χ0v) is 13.4. The molecule has 2 aromatic heterocycles. The molecule has 21 heavy (non-hydrogen) atoms. The van der Waals surface area contributed by atoms with Crippen LogP contribution in [0.2, 0.25) is 0 Å². The lowest BCUT2D eigenvalue weighted by Gasteiger charge is -2.11. The van der Waals surface area contributed by atoms with Crippen LogP contribution in [0.15, 0.2) is 18.6 Å².